The monoisotopic (exact) mass is 553 g/mol. The van der Waals surface area contributed by atoms with Crippen molar-refractivity contribution < 1.29 is 27.8 Å². The molecule has 0 atom stereocenters. The van der Waals surface area contributed by atoms with Crippen molar-refractivity contribution in [2.45, 2.75) is 18.9 Å². The van der Waals surface area contributed by atoms with Crippen LogP contribution in [0.5, 0.6) is 11.5 Å². The van der Waals surface area contributed by atoms with Gasteiger partial charge >= 0.3 is 6.36 Å². The molecule has 1 aliphatic rings. The van der Waals surface area contributed by atoms with Crippen molar-refractivity contribution in [3.63, 3.8) is 0 Å². The third kappa shape index (κ3) is 4.68. The number of halogens is 5. The summed E-state index contributed by atoms with van der Waals surface area (Å²) in [7, 11) is 0. The minimum atomic E-state index is -4.85. The molecule has 0 saturated heterocycles. The Bertz CT molecular complexity index is 1490. The van der Waals surface area contributed by atoms with Gasteiger partial charge in [0.1, 0.15) is 28.6 Å². The van der Waals surface area contributed by atoms with Crippen LogP contribution in [0.15, 0.2) is 34.3 Å². The van der Waals surface area contributed by atoms with Crippen molar-refractivity contribution in [2.24, 2.45) is 9.98 Å². The molecule has 36 heavy (non-hydrogen) atoms. The second kappa shape index (κ2) is 9.56. The van der Waals surface area contributed by atoms with Crippen molar-refractivity contribution in [1.29, 1.82) is 10.5 Å². The average molecular weight is 554 g/mol. The van der Waals surface area contributed by atoms with E-state index in [0.29, 0.717) is 10.2 Å². The lowest BCUT2D eigenvalue weighted by Gasteiger charge is -2.25. The van der Waals surface area contributed by atoms with E-state index in [1.165, 1.54) is 18.2 Å². The maximum absolute atomic E-state index is 12.6. The molecule has 2 heterocycles. The van der Waals surface area contributed by atoms with Crippen LogP contribution in [0.2, 0.25) is 10.0 Å². The van der Waals surface area contributed by atoms with Gasteiger partial charge in [-0.25, -0.2) is 15.0 Å². The van der Waals surface area contributed by atoms with E-state index in [0.717, 1.165) is 17.4 Å². The van der Waals surface area contributed by atoms with Crippen LogP contribution in [0.25, 0.3) is 20.8 Å². The smallest absolute Gasteiger partial charge is 0.506 e. The Kier molecular flexibility index (Phi) is 6.82. The zero-order chi connectivity index (χ0) is 26.3. The number of phenolic OH excluding ortho intramolecular Hbond substituents is 1. The van der Waals surface area contributed by atoms with E-state index in [-0.39, 0.29) is 50.8 Å². The maximum atomic E-state index is 12.6. The predicted molar refractivity (Wildman–Crippen MR) is 128 cm³/mol. The Morgan fingerprint density at radius 2 is 1.81 bits per heavy atom. The zero-order valence-corrected chi connectivity index (χ0v) is 20.3. The molecule has 1 aliphatic heterocycles. The lowest BCUT2D eigenvalue weighted by Crippen LogP contribution is -2.27. The van der Waals surface area contributed by atoms with Gasteiger partial charge in [0.25, 0.3) is 0 Å². The van der Waals surface area contributed by atoms with Crippen molar-refractivity contribution in [2.75, 3.05) is 13.2 Å². The Morgan fingerprint density at radius 1 is 1.14 bits per heavy atom. The number of aromatic nitrogens is 1. The van der Waals surface area contributed by atoms with Crippen molar-refractivity contribution >= 4 is 56.2 Å². The number of rotatable bonds is 6. The molecule has 8 nitrogen and oxygen atoms in total. The second-order valence-corrected chi connectivity index (χ2v) is 9.05. The highest BCUT2D eigenvalue weighted by Crippen LogP contribution is 2.49. The number of alkyl halides is 3. The van der Waals surface area contributed by atoms with E-state index >= 15 is 0 Å². The van der Waals surface area contributed by atoms with Crippen molar-refractivity contribution in [3.05, 3.63) is 39.9 Å². The fraction of sp³-hybridized carbons (Fsp3) is 0.227. The maximum Gasteiger partial charge on any atom is 0.573 e. The molecule has 0 radical (unpaired) electrons. The molecule has 14 heteroatoms. The van der Waals surface area contributed by atoms with Gasteiger partial charge in [-0.3, -0.25) is 0 Å². The van der Waals surface area contributed by atoms with Crippen molar-refractivity contribution in [3.8, 4) is 34.2 Å². The van der Waals surface area contributed by atoms with Crippen LogP contribution in [0.4, 0.5) is 13.2 Å². The van der Waals surface area contributed by atoms with Crippen LogP contribution < -0.4 is 4.74 Å². The normalized spacial score (nSPS) is 14.8. The van der Waals surface area contributed by atoms with Crippen LogP contribution in [0.1, 0.15) is 12.5 Å². The largest absolute Gasteiger partial charge is 0.573 e. The summed E-state index contributed by atoms with van der Waals surface area (Å²) in [6.45, 7) is 1.75. The fourth-order valence-electron chi connectivity index (χ4n) is 3.48. The molecule has 0 amide bonds. The van der Waals surface area contributed by atoms with E-state index in [4.69, 9.17) is 27.9 Å². The van der Waals surface area contributed by atoms with Gasteiger partial charge in [0.05, 0.1) is 32.4 Å². The van der Waals surface area contributed by atoms with Crippen molar-refractivity contribution in [1.82, 2.24) is 4.98 Å². The topological polar surface area (TPSA) is 124 Å². The van der Waals surface area contributed by atoms with Gasteiger partial charge in [-0.05, 0) is 31.2 Å². The first-order chi connectivity index (χ1) is 17.0. The lowest BCUT2D eigenvalue weighted by molar-refractivity contribution is -0.274. The van der Waals surface area contributed by atoms with E-state index in [1.54, 1.807) is 19.1 Å². The summed E-state index contributed by atoms with van der Waals surface area (Å²) >= 11 is 14.0. The molecule has 4 rings (SSSR count). The number of nitrogens with zero attached hydrogens (tertiary/aromatic N) is 5. The third-order valence-corrected chi connectivity index (χ3v) is 6.67. The average Bonchev–Trinajstić information content (AvgIpc) is 3.40. The van der Waals surface area contributed by atoms with Crippen LogP contribution in [-0.2, 0) is 10.4 Å². The summed E-state index contributed by atoms with van der Waals surface area (Å²) in [4.78, 5) is 12.8. The first-order valence-corrected chi connectivity index (χ1v) is 11.5. The molecule has 0 bridgehead atoms. The van der Waals surface area contributed by atoms with E-state index < -0.39 is 23.5 Å². The predicted octanol–water partition coefficient (Wildman–Crippen LogP) is 6.01. The van der Waals surface area contributed by atoms with Gasteiger partial charge in [0, 0.05) is 12.2 Å². The second-order valence-electron chi connectivity index (χ2n) is 7.24. The Balaban J connectivity index is 1.84. The van der Waals surface area contributed by atoms with Gasteiger partial charge in [0.2, 0.25) is 5.66 Å². The molecule has 1 N–H and O–H groups in total. The van der Waals surface area contributed by atoms with Crippen LogP contribution in [0, 0.1) is 22.7 Å². The van der Waals surface area contributed by atoms with Crippen LogP contribution in [0.3, 0.4) is 0 Å². The molecule has 1 aromatic heterocycles. The van der Waals surface area contributed by atoms with Gasteiger partial charge in [-0.1, -0.05) is 23.2 Å². The highest BCUT2D eigenvalue weighted by molar-refractivity contribution is 7.21. The number of ether oxygens (including phenoxy) is 2. The highest BCUT2D eigenvalue weighted by Gasteiger charge is 2.42. The molecule has 3 aromatic rings. The Hall–Kier alpha value is -3.42. The zero-order valence-electron chi connectivity index (χ0n) is 18.0. The molecular formula is C22H12Cl2F3N5O3S. The number of nitriles is 2. The van der Waals surface area contributed by atoms with Crippen LogP contribution in [-0.4, -0.2) is 41.1 Å². The van der Waals surface area contributed by atoms with E-state index in [2.05, 4.69) is 19.7 Å². The van der Waals surface area contributed by atoms with Gasteiger partial charge in [-0.2, -0.15) is 10.5 Å². The molecule has 0 spiro atoms. The third-order valence-electron chi connectivity index (χ3n) is 4.97. The van der Waals surface area contributed by atoms with E-state index in [1.807, 2.05) is 0 Å². The Labute approximate surface area is 215 Å². The molecule has 2 aromatic carbocycles. The minimum absolute atomic E-state index is 0.00493. The molecule has 0 saturated carbocycles. The van der Waals surface area contributed by atoms with E-state index in [9.17, 15) is 28.8 Å². The SMILES string of the molecule is CCOCC1(c2cc(Cl)c(-c3nc4ccc(OC(F)(F)F)cc4s3)c(Cl)c2O)N=C(C#N)C(C#N)=N1. The molecule has 0 unspecified atom stereocenters. The summed E-state index contributed by atoms with van der Waals surface area (Å²) < 4.78 is 47.5. The summed E-state index contributed by atoms with van der Waals surface area (Å²) in [6.07, 6.45) is -4.85. The minimum Gasteiger partial charge on any atom is -0.506 e. The molecule has 184 valence electrons. The summed E-state index contributed by atoms with van der Waals surface area (Å²) in [5.41, 5.74) is -1.69. The van der Waals surface area contributed by atoms with Gasteiger partial charge < -0.3 is 14.6 Å². The molecule has 0 aliphatic carbocycles. The highest BCUT2D eigenvalue weighted by atomic mass is 35.5. The van der Waals surface area contributed by atoms with Gasteiger partial charge in [0.15, 0.2) is 11.4 Å². The number of aliphatic imine (C=N–C) groups is 2. The molecule has 0 fully saturated rings. The Morgan fingerprint density at radius 3 is 2.39 bits per heavy atom. The first kappa shape index (κ1) is 25.7. The summed E-state index contributed by atoms with van der Waals surface area (Å²) in [5.74, 6) is -0.905. The molecular weight excluding hydrogens is 542 g/mol. The number of hydrogen-bond acceptors (Lipinski definition) is 9. The summed E-state index contributed by atoms with van der Waals surface area (Å²) in [5, 5.41) is 29.7. The van der Waals surface area contributed by atoms with Crippen LogP contribution >= 0.6 is 34.5 Å². The lowest BCUT2D eigenvalue weighted by atomic mass is 9.98. The number of hydrogen-bond donors (Lipinski definition) is 1. The first-order valence-electron chi connectivity index (χ1n) is 9.98. The quantitative estimate of drug-likeness (QED) is 0.398. The standard InChI is InChI=1S/C22H12Cl2F3N5O3S/c1-2-34-9-21(31-14(7-28)15(8-29)32-21)11-6-12(23)17(18(24)19(11)33)20-30-13-4-3-10(5-16(13)36-20)35-22(25,26)27/h3-6,33H,2,9H2,1H3. The number of fused-ring (bicyclic) bond motifs is 1. The number of thiazole rings is 1. The van der Waals surface area contributed by atoms with Gasteiger partial charge in [-0.15, -0.1) is 24.5 Å². The fourth-order valence-corrected chi connectivity index (χ4v) is 5.29. The number of benzene rings is 2. The number of aromatic hydroxyl groups is 1. The number of phenols is 1. The summed E-state index contributed by atoms with van der Waals surface area (Å²) in [6, 6.07) is 8.54.